The summed E-state index contributed by atoms with van der Waals surface area (Å²) in [5.41, 5.74) is 6.24. The van der Waals surface area contributed by atoms with Gasteiger partial charge in [0, 0.05) is 18.3 Å². The van der Waals surface area contributed by atoms with Crippen molar-refractivity contribution in [1.82, 2.24) is 9.88 Å². The Labute approximate surface area is 124 Å². The number of esters is 1. The van der Waals surface area contributed by atoms with Crippen molar-refractivity contribution < 1.29 is 14.3 Å². The third-order valence-corrected chi connectivity index (χ3v) is 2.65. The van der Waals surface area contributed by atoms with Gasteiger partial charge in [-0.25, -0.2) is 4.98 Å². The molecule has 1 heterocycles. The third kappa shape index (κ3) is 5.24. The average Bonchev–Trinajstić information content (AvgIpc) is 2.52. The van der Waals surface area contributed by atoms with Crippen LogP contribution in [0.25, 0.3) is 0 Å². The summed E-state index contributed by atoms with van der Waals surface area (Å²) in [5.74, 6) is 4.78. The topological polar surface area (TPSA) is 85.5 Å². The molecule has 6 heteroatoms. The Morgan fingerprint density at radius 2 is 2.19 bits per heavy atom. The van der Waals surface area contributed by atoms with Crippen LogP contribution >= 0.6 is 0 Å². The molecule has 2 N–H and O–H groups in total. The van der Waals surface area contributed by atoms with E-state index in [9.17, 15) is 9.59 Å². The van der Waals surface area contributed by atoms with Gasteiger partial charge >= 0.3 is 5.97 Å². The molecule has 1 amide bonds. The van der Waals surface area contributed by atoms with Crippen LogP contribution in [0, 0.1) is 11.8 Å². The van der Waals surface area contributed by atoms with Crippen LogP contribution in [0.5, 0.6) is 0 Å². The van der Waals surface area contributed by atoms with Crippen LogP contribution < -0.4 is 5.73 Å². The zero-order valence-electron chi connectivity index (χ0n) is 12.3. The van der Waals surface area contributed by atoms with E-state index < -0.39 is 5.97 Å². The van der Waals surface area contributed by atoms with Crippen LogP contribution in [0.2, 0.25) is 0 Å². The second-order valence-corrected chi connectivity index (χ2v) is 4.24. The molecule has 0 spiro atoms. The van der Waals surface area contributed by atoms with Crippen LogP contribution in [-0.2, 0) is 9.53 Å². The highest BCUT2D eigenvalue weighted by molar-refractivity contribution is 5.94. The van der Waals surface area contributed by atoms with Crippen molar-refractivity contribution in [1.29, 1.82) is 0 Å². The Kier molecular flexibility index (Phi) is 6.92. The van der Waals surface area contributed by atoms with E-state index in [-0.39, 0.29) is 24.7 Å². The molecule has 0 aliphatic carbocycles. The second kappa shape index (κ2) is 8.72. The quantitative estimate of drug-likeness (QED) is 0.627. The molecule has 112 valence electrons. The van der Waals surface area contributed by atoms with Crippen molar-refractivity contribution in [3.05, 3.63) is 29.6 Å². The summed E-state index contributed by atoms with van der Waals surface area (Å²) in [4.78, 5) is 29.1. The zero-order chi connectivity index (χ0) is 15.7. The molecule has 0 aliphatic heterocycles. The summed E-state index contributed by atoms with van der Waals surface area (Å²) in [6.45, 7) is 2.57. The normalized spacial score (nSPS) is 9.48. The molecule has 1 aromatic rings. The smallest absolute Gasteiger partial charge is 0.325 e. The molecule has 1 rings (SSSR count). The van der Waals surface area contributed by atoms with E-state index in [1.165, 1.54) is 18.2 Å². The molecule has 0 bridgehead atoms. The largest absolute Gasteiger partial charge is 0.468 e. The highest BCUT2D eigenvalue weighted by Crippen LogP contribution is 2.05. The molecular formula is C15H19N3O3. The first-order valence-corrected chi connectivity index (χ1v) is 6.63. The lowest BCUT2D eigenvalue weighted by Crippen LogP contribution is -2.37. The lowest BCUT2D eigenvalue weighted by Gasteiger charge is -2.20. The van der Waals surface area contributed by atoms with Gasteiger partial charge in [-0.1, -0.05) is 18.8 Å². The summed E-state index contributed by atoms with van der Waals surface area (Å²) in [5, 5.41) is 0. The number of ether oxygens (including phenoxy) is 1. The van der Waals surface area contributed by atoms with Crippen molar-refractivity contribution in [2.24, 2.45) is 5.73 Å². The maximum Gasteiger partial charge on any atom is 0.325 e. The van der Waals surface area contributed by atoms with Gasteiger partial charge in [0.2, 0.25) is 0 Å². The minimum absolute atomic E-state index is 0.0837. The van der Waals surface area contributed by atoms with Gasteiger partial charge in [-0.05, 0) is 18.6 Å². The van der Waals surface area contributed by atoms with Crippen LogP contribution in [0.4, 0.5) is 0 Å². The number of aromatic nitrogens is 1. The monoisotopic (exact) mass is 289 g/mol. The number of methoxy groups -OCH3 is 1. The SMILES string of the molecule is CCCN(CC(=O)OC)C(=O)c1ccc(C#CCN)cn1. The molecule has 21 heavy (non-hydrogen) atoms. The van der Waals surface area contributed by atoms with Crippen molar-refractivity contribution in [3.8, 4) is 11.8 Å². The third-order valence-electron chi connectivity index (χ3n) is 2.65. The van der Waals surface area contributed by atoms with Crippen LogP contribution in [0.15, 0.2) is 18.3 Å². The predicted molar refractivity (Wildman–Crippen MR) is 78.4 cm³/mol. The minimum atomic E-state index is -0.456. The molecule has 1 aromatic heterocycles. The van der Waals surface area contributed by atoms with Gasteiger partial charge in [-0.15, -0.1) is 0 Å². The number of amides is 1. The summed E-state index contributed by atoms with van der Waals surface area (Å²) in [7, 11) is 1.29. The summed E-state index contributed by atoms with van der Waals surface area (Å²) >= 11 is 0. The first-order chi connectivity index (χ1) is 10.1. The van der Waals surface area contributed by atoms with Crippen LogP contribution in [0.1, 0.15) is 29.4 Å². The minimum Gasteiger partial charge on any atom is -0.468 e. The summed E-state index contributed by atoms with van der Waals surface area (Å²) < 4.78 is 4.59. The van der Waals surface area contributed by atoms with Gasteiger partial charge in [-0.2, -0.15) is 0 Å². The van der Waals surface area contributed by atoms with E-state index in [2.05, 4.69) is 21.6 Å². The molecule has 0 aromatic carbocycles. The number of rotatable bonds is 5. The lowest BCUT2D eigenvalue weighted by atomic mass is 10.2. The molecule has 0 aliphatic rings. The average molecular weight is 289 g/mol. The van der Waals surface area contributed by atoms with Crippen LogP contribution in [0.3, 0.4) is 0 Å². The van der Waals surface area contributed by atoms with E-state index in [4.69, 9.17) is 5.73 Å². The number of hydrogen-bond donors (Lipinski definition) is 1. The highest BCUT2D eigenvalue weighted by Gasteiger charge is 2.19. The van der Waals surface area contributed by atoms with Crippen LogP contribution in [-0.4, -0.2) is 48.5 Å². The fraction of sp³-hybridized carbons (Fsp3) is 0.400. The van der Waals surface area contributed by atoms with Gasteiger partial charge in [0.05, 0.1) is 13.7 Å². The van der Waals surface area contributed by atoms with Gasteiger partial charge in [0.1, 0.15) is 12.2 Å². The number of nitrogens with two attached hydrogens (primary N) is 1. The number of carbonyl (C=O) groups excluding carboxylic acids is 2. The van der Waals surface area contributed by atoms with Gasteiger partial charge < -0.3 is 15.4 Å². The molecule has 0 unspecified atom stereocenters. The standard InChI is InChI=1S/C15H19N3O3/c1-3-9-18(11-14(19)21-2)15(20)13-7-6-12(10-17-13)5-4-8-16/h6-7,10H,3,8-9,11,16H2,1-2H3. The van der Waals surface area contributed by atoms with E-state index >= 15 is 0 Å². The molecule has 6 nitrogen and oxygen atoms in total. The summed E-state index contributed by atoms with van der Waals surface area (Å²) in [6, 6.07) is 3.29. The van der Waals surface area contributed by atoms with Crippen molar-refractivity contribution in [3.63, 3.8) is 0 Å². The fourth-order valence-corrected chi connectivity index (χ4v) is 1.65. The second-order valence-electron chi connectivity index (χ2n) is 4.24. The Morgan fingerprint density at radius 1 is 1.43 bits per heavy atom. The van der Waals surface area contributed by atoms with Gasteiger partial charge in [0.25, 0.3) is 5.91 Å². The molecule has 0 saturated heterocycles. The molecule has 0 fully saturated rings. The Morgan fingerprint density at radius 3 is 2.71 bits per heavy atom. The van der Waals surface area contributed by atoms with Crippen molar-refractivity contribution in [2.45, 2.75) is 13.3 Å². The van der Waals surface area contributed by atoms with E-state index in [1.54, 1.807) is 12.1 Å². The zero-order valence-corrected chi connectivity index (χ0v) is 12.3. The maximum atomic E-state index is 12.3. The fourth-order valence-electron chi connectivity index (χ4n) is 1.65. The number of hydrogen-bond acceptors (Lipinski definition) is 5. The van der Waals surface area contributed by atoms with Crippen molar-refractivity contribution in [2.75, 3.05) is 26.7 Å². The van der Waals surface area contributed by atoms with Crippen molar-refractivity contribution >= 4 is 11.9 Å². The molecule has 0 saturated carbocycles. The van der Waals surface area contributed by atoms with E-state index in [0.717, 1.165) is 6.42 Å². The Balaban J connectivity index is 2.85. The van der Waals surface area contributed by atoms with Gasteiger partial charge in [-0.3, -0.25) is 9.59 Å². The highest BCUT2D eigenvalue weighted by atomic mass is 16.5. The lowest BCUT2D eigenvalue weighted by molar-refractivity contribution is -0.141. The first-order valence-electron chi connectivity index (χ1n) is 6.63. The Hall–Kier alpha value is -2.39. The van der Waals surface area contributed by atoms with Gasteiger partial charge in [0.15, 0.2) is 0 Å². The Bertz CT molecular complexity index is 544. The predicted octanol–water partition coefficient (Wildman–Crippen LogP) is 0.417. The molecular weight excluding hydrogens is 270 g/mol. The van der Waals surface area contributed by atoms with E-state index in [1.807, 2.05) is 6.92 Å². The van der Waals surface area contributed by atoms with E-state index in [0.29, 0.717) is 12.1 Å². The number of nitrogens with zero attached hydrogens (tertiary/aromatic N) is 2. The number of pyridine rings is 1. The maximum absolute atomic E-state index is 12.3. The molecule has 0 atom stereocenters. The number of carbonyl (C=O) groups is 2. The molecule has 0 radical (unpaired) electrons. The first kappa shape index (κ1) is 16.7. The summed E-state index contributed by atoms with van der Waals surface area (Å²) in [6.07, 6.45) is 2.25.